The maximum absolute atomic E-state index is 5.40. The Kier molecular flexibility index (Phi) is 7.98. The van der Waals surface area contributed by atoms with E-state index in [4.69, 9.17) is 9.15 Å². The van der Waals surface area contributed by atoms with Crippen LogP contribution >= 0.6 is 24.0 Å². The molecule has 2 rings (SSSR count). The van der Waals surface area contributed by atoms with E-state index < -0.39 is 0 Å². The molecule has 0 bridgehead atoms. The van der Waals surface area contributed by atoms with Crippen LogP contribution in [0.1, 0.15) is 12.2 Å². The maximum Gasteiger partial charge on any atom is 0.193 e. The van der Waals surface area contributed by atoms with Crippen LogP contribution in [0, 0.1) is 5.92 Å². The van der Waals surface area contributed by atoms with Crippen LogP contribution in [0.15, 0.2) is 27.8 Å². The largest absolute Gasteiger partial charge is 0.469 e. The Labute approximate surface area is 137 Å². The molecule has 20 heavy (non-hydrogen) atoms. The molecule has 6 heteroatoms. The van der Waals surface area contributed by atoms with Gasteiger partial charge in [-0.05, 0) is 18.6 Å². The van der Waals surface area contributed by atoms with E-state index in [9.17, 15) is 0 Å². The molecule has 0 spiro atoms. The number of hydrogen-bond donors (Lipinski definition) is 1. The molecule has 1 atom stereocenters. The lowest BCUT2D eigenvalue weighted by Gasteiger charge is -2.24. The van der Waals surface area contributed by atoms with Crippen molar-refractivity contribution in [3.05, 3.63) is 24.2 Å². The first-order valence-corrected chi connectivity index (χ1v) is 6.81. The lowest BCUT2D eigenvalue weighted by Crippen LogP contribution is -2.42. The minimum Gasteiger partial charge on any atom is -0.469 e. The van der Waals surface area contributed by atoms with Crippen molar-refractivity contribution in [1.82, 2.24) is 10.2 Å². The highest BCUT2D eigenvalue weighted by molar-refractivity contribution is 14.0. The molecule has 0 saturated carbocycles. The van der Waals surface area contributed by atoms with Crippen molar-refractivity contribution in [1.29, 1.82) is 0 Å². The van der Waals surface area contributed by atoms with Crippen molar-refractivity contribution in [2.45, 2.75) is 12.8 Å². The Morgan fingerprint density at radius 2 is 2.40 bits per heavy atom. The first-order chi connectivity index (χ1) is 9.29. The van der Waals surface area contributed by atoms with Gasteiger partial charge in [-0.15, -0.1) is 24.0 Å². The molecule has 0 amide bonds. The Balaban J connectivity index is 0.00000200. The summed E-state index contributed by atoms with van der Waals surface area (Å²) in [7, 11) is 3.89. The molecule has 0 aliphatic carbocycles. The molecular formula is C14H24IN3O2. The van der Waals surface area contributed by atoms with Crippen molar-refractivity contribution in [2.24, 2.45) is 10.9 Å². The predicted octanol–water partition coefficient (Wildman–Crippen LogP) is 1.98. The summed E-state index contributed by atoms with van der Waals surface area (Å²) >= 11 is 0. The van der Waals surface area contributed by atoms with Gasteiger partial charge in [0.15, 0.2) is 5.96 Å². The van der Waals surface area contributed by atoms with Gasteiger partial charge in [-0.2, -0.15) is 0 Å². The third-order valence-electron chi connectivity index (χ3n) is 3.36. The zero-order valence-corrected chi connectivity index (χ0v) is 14.5. The highest BCUT2D eigenvalue weighted by Gasteiger charge is 2.18. The van der Waals surface area contributed by atoms with Gasteiger partial charge < -0.3 is 19.4 Å². The number of ether oxygens (including phenoxy) is 1. The van der Waals surface area contributed by atoms with Crippen molar-refractivity contribution in [3.8, 4) is 0 Å². The molecule has 1 aliphatic rings. The fourth-order valence-corrected chi connectivity index (χ4v) is 2.34. The van der Waals surface area contributed by atoms with Gasteiger partial charge in [-0.25, -0.2) is 0 Å². The molecule has 0 aromatic carbocycles. The van der Waals surface area contributed by atoms with Gasteiger partial charge in [-0.1, -0.05) is 0 Å². The molecule has 114 valence electrons. The van der Waals surface area contributed by atoms with Gasteiger partial charge in [0.25, 0.3) is 0 Å². The number of furan rings is 1. The van der Waals surface area contributed by atoms with Crippen LogP contribution < -0.4 is 5.32 Å². The summed E-state index contributed by atoms with van der Waals surface area (Å²) in [5, 5.41) is 3.36. The third kappa shape index (κ3) is 5.32. The van der Waals surface area contributed by atoms with Crippen molar-refractivity contribution < 1.29 is 9.15 Å². The number of hydrogen-bond acceptors (Lipinski definition) is 3. The summed E-state index contributed by atoms with van der Waals surface area (Å²) in [6.07, 6.45) is 3.72. The summed E-state index contributed by atoms with van der Waals surface area (Å²) in [5.74, 6) is 2.54. The van der Waals surface area contributed by atoms with Crippen LogP contribution in [-0.4, -0.2) is 51.3 Å². The minimum absolute atomic E-state index is 0. The van der Waals surface area contributed by atoms with Crippen LogP contribution in [0.3, 0.4) is 0 Å². The van der Waals surface area contributed by atoms with E-state index in [0.717, 1.165) is 50.9 Å². The van der Waals surface area contributed by atoms with Crippen molar-refractivity contribution in [3.63, 3.8) is 0 Å². The molecule has 1 saturated heterocycles. The number of nitrogens with one attached hydrogen (secondary N) is 1. The Morgan fingerprint density at radius 3 is 3.00 bits per heavy atom. The van der Waals surface area contributed by atoms with E-state index in [1.165, 1.54) is 0 Å². The molecular weight excluding hydrogens is 369 g/mol. The van der Waals surface area contributed by atoms with Crippen LogP contribution in [0.4, 0.5) is 0 Å². The molecule has 1 aromatic heterocycles. The summed E-state index contributed by atoms with van der Waals surface area (Å²) in [6.45, 7) is 3.57. The van der Waals surface area contributed by atoms with Gasteiger partial charge in [0.2, 0.25) is 0 Å². The summed E-state index contributed by atoms with van der Waals surface area (Å²) < 4.78 is 10.7. The van der Waals surface area contributed by atoms with E-state index in [0.29, 0.717) is 5.92 Å². The Morgan fingerprint density at radius 1 is 1.55 bits per heavy atom. The monoisotopic (exact) mass is 393 g/mol. The predicted molar refractivity (Wildman–Crippen MR) is 90.7 cm³/mol. The Hall–Kier alpha value is -0.760. The van der Waals surface area contributed by atoms with Gasteiger partial charge in [0.05, 0.1) is 12.9 Å². The van der Waals surface area contributed by atoms with E-state index in [1.807, 2.05) is 19.2 Å². The number of halogens is 1. The molecule has 0 radical (unpaired) electrons. The van der Waals surface area contributed by atoms with E-state index in [-0.39, 0.29) is 24.0 Å². The first-order valence-electron chi connectivity index (χ1n) is 6.81. The standard InChI is InChI=1S/C14H23N3O2.HI/c1-15-14(16-7-5-13-4-3-8-19-13)17(2)10-12-6-9-18-11-12;/h3-4,8,12H,5-7,9-11H2,1-2H3,(H,15,16);1H. The van der Waals surface area contributed by atoms with Crippen molar-refractivity contribution in [2.75, 3.05) is 40.4 Å². The van der Waals surface area contributed by atoms with E-state index in [1.54, 1.807) is 6.26 Å². The first kappa shape index (κ1) is 17.3. The molecule has 1 aromatic rings. The topological polar surface area (TPSA) is 50.0 Å². The maximum atomic E-state index is 5.40. The van der Waals surface area contributed by atoms with E-state index >= 15 is 0 Å². The molecule has 5 nitrogen and oxygen atoms in total. The minimum atomic E-state index is 0. The smallest absolute Gasteiger partial charge is 0.193 e. The van der Waals surface area contributed by atoms with Gasteiger partial charge >= 0.3 is 0 Å². The molecule has 1 N–H and O–H groups in total. The lowest BCUT2D eigenvalue weighted by atomic mass is 10.1. The molecule has 2 heterocycles. The van der Waals surface area contributed by atoms with Crippen LogP contribution in [0.25, 0.3) is 0 Å². The highest BCUT2D eigenvalue weighted by atomic mass is 127. The van der Waals surface area contributed by atoms with Crippen LogP contribution in [0.2, 0.25) is 0 Å². The van der Waals surface area contributed by atoms with Gasteiger partial charge in [0, 0.05) is 46.1 Å². The SMILES string of the molecule is CN=C(NCCc1ccco1)N(C)CC1CCOC1.I. The van der Waals surface area contributed by atoms with Crippen molar-refractivity contribution >= 4 is 29.9 Å². The van der Waals surface area contributed by atoms with Gasteiger partial charge in [0.1, 0.15) is 5.76 Å². The second kappa shape index (κ2) is 9.23. The molecule has 1 fully saturated rings. The molecule has 1 aliphatic heterocycles. The Bertz CT molecular complexity index is 389. The third-order valence-corrected chi connectivity index (χ3v) is 3.36. The second-order valence-corrected chi connectivity index (χ2v) is 4.91. The summed E-state index contributed by atoms with van der Waals surface area (Å²) in [6, 6.07) is 3.90. The quantitative estimate of drug-likeness (QED) is 0.472. The average molecular weight is 393 g/mol. The van der Waals surface area contributed by atoms with Gasteiger partial charge in [-0.3, -0.25) is 4.99 Å². The second-order valence-electron chi connectivity index (χ2n) is 4.91. The highest BCUT2D eigenvalue weighted by Crippen LogP contribution is 2.13. The normalized spacial score (nSPS) is 18.7. The average Bonchev–Trinajstić information content (AvgIpc) is 3.07. The summed E-state index contributed by atoms with van der Waals surface area (Å²) in [4.78, 5) is 6.48. The number of nitrogens with zero attached hydrogens (tertiary/aromatic N) is 2. The van der Waals surface area contributed by atoms with Crippen LogP contribution in [-0.2, 0) is 11.2 Å². The zero-order valence-electron chi connectivity index (χ0n) is 12.2. The van der Waals surface area contributed by atoms with E-state index in [2.05, 4.69) is 22.3 Å². The lowest BCUT2D eigenvalue weighted by molar-refractivity contribution is 0.181. The number of aliphatic imine (C=N–C) groups is 1. The fraction of sp³-hybridized carbons (Fsp3) is 0.643. The fourth-order valence-electron chi connectivity index (χ4n) is 2.34. The molecule has 1 unspecified atom stereocenters. The number of guanidine groups is 1. The summed E-state index contributed by atoms with van der Waals surface area (Å²) in [5.41, 5.74) is 0. The number of rotatable bonds is 5. The zero-order chi connectivity index (χ0) is 13.5. The van der Waals surface area contributed by atoms with Crippen LogP contribution in [0.5, 0.6) is 0 Å².